The van der Waals surface area contributed by atoms with Crippen LogP contribution in [0.4, 0.5) is 0 Å². The normalized spacial score (nSPS) is 23.1. The zero-order valence-electron chi connectivity index (χ0n) is 12.2. The summed E-state index contributed by atoms with van der Waals surface area (Å²) in [6, 6.07) is 6.66. The molecule has 2 atom stereocenters. The maximum absolute atomic E-state index is 5.43. The number of hydrogen-bond acceptors (Lipinski definition) is 3. The molecule has 1 aliphatic carbocycles. The molecule has 0 amide bonds. The lowest BCUT2D eigenvalue weighted by molar-refractivity contribution is 0.278. The Bertz CT molecular complexity index is 406. The van der Waals surface area contributed by atoms with Crippen LogP contribution in [0.1, 0.15) is 38.2 Å². The summed E-state index contributed by atoms with van der Waals surface area (Å²) in [7, 11) is 3.39. The van der Waals surface area contributed by atoms with E-state index in [2.05, 4.69) is 18.3 Å². The highest BCUT2D eigenvalue weighted by atomic mass is 16.5. The lowest BCUT2D eigenvalue weighted by atomic mass is 9.86. The maximum atomic E-state index is 5.43. The van der Waals surface area contributed by atoms with Gasteiger partial charge in [0.15, 0.2) is 0 Å². The SMILES string of the molecule is COc1ccc(CN[C@H]2CCCC[C@H]2C)c(OC)c1. The van der Waals surface area contributed by atoms with E-state index >= 15 is 0 Å². The molecule has 1 aliphatic rings. The van der Waals surface area contributed by atoms with Gasteiger partial charge in [-0.05, 0) is 24.8 Å². The highest BCUT2D eigenvalue weighted by Gasteiger charge is 2.20. The Hall–Kier alpha value is -1.22. The lowest BCUT2D eigenvalue weighted by Gasteiger charge is -2.30. The van der Waals surface area contributed by atoms with Crippen LogP contribution in [-0.2, 0) is 6.54 Å². The summed E-state index contributed by atoms with van der Waals surface area (Å²) in [5.74, 6) is 2.51. The Morgan fingerprint density at radius 3 is 2.63 bits per heavy atom. The molecule has 0 spiro atoms. The van der Waals surface area contributed by atoms with Gasteiger partial charge in [-0.1, -0.05) is 25.8 Å². The number of ether oxygens (including phenoxy) is 2. The van der Waals surface area contributed by atoms with Crippen molar-refractivity contribution in [3.63, 3.8) is 0 Å². The third-order valence-corrected chi connectivity index (χ3v) is 4.16. The molecule has 0 unspecified atom stereocenters. The molecule has 106 valence electrons. The van der Waals surface area contributed by atoms with E-state index in [0.717, 1.165) is 24.0 Å². The average molecular weight is 263 g/mol. The van der Waals surface area contributed by atoms with E-state index < -0.39 is 0 Å². The van der Waals surface area contributed by atoms with Crippen LogP contribution in [0, 0.1) is 5.92 Å². The smallest absolute Gasteiger partial charge is 0.127 e. The molecule has 0 radical (unpaired) electrons. The van der Waals surface area contributed by atoms with Crippen molar-refractivity contribution < 1.29 is 9.47 Å². The van der Waals surface area contributed by atoms with Crippen LogP contribution in [0.15, 0.2) is 18.2 Å². The van der Waals surface area contributed by atoms with Crippen LogP contribution in [0.25, 0.3) is 0 Å². The topological polar surface area (TPSA) is 30.5 Å². The first-order chi connectivity index (χ1) is 9.24. The first-order valence-electron chi connectivity index (χ1n) is 7.19. The van der Waals surface area contributed by atoms with Crippen LogP contribution in [0.2, 0.25) is 0 Å². The van der Waals surface area contributed by atoms with Gasteiger partial charge in [0.05, 0.1) is 14.2 Å². The Kier molecular flexibility index (Phi) is 5.08. The van der Waals surface area contributed by atoms with Gasteiger partial charge in [-0.25, -0.2) is 0 Å². The Morgan fingerprint density at radius 2 is 1.95 bits per heavy atom. The highest BCUT2D eigenvalue weighted by Crippen LogP contribution is 2.27. The number of benzene rings is 1. The van der Waals surface area contributed by atoms with Crippen LogP contribution in [0.5, 0.6) is 11.5 Å². The summed E-state index contributed by atoms with van der Waals surface area (Å²) in [5.41, 5.74) is 1.20. The second-order valence-electron chi connectivity index (χ2n) is 5.43. The van der Waals surface area contributed by atoms with E-state index in [4.69, 9.17) is 9.47 Å². The van der Waals surface area contributed by atoms with Crippen molar-refractivity contribution in [1.82, 2.24) is 5.32 Å². The molecule has 0 saturated heterocycles. The van der Waals surface area contributed by atoms with Gasteiger partial charge in [0.2, 0.25) is 0 Å². The van der Waals surface area contributed by atoms with Crippen LogP contribution >= 0.6 is 0 Å². The summed E-state index contributed by atoms with van der Waals surface area (Å²) in [4.78, 5) is 0. The number of nitrogens with one attached hydrogen (secondary N) is 1. The molecule has 1 fully saturated rings. The van der Waals surface area contributed by atoms with E-state index in [9.17, 15) is 0 Å². The molecule has 2 rings (SSSR count). The minimum absolute atomic E-state index is 0.639. The fourth-order valence-electron chi connectivity index (χ4n) is 2.86. The van der Waals surface area contributed by atoms with Crippen molar-refractivity contribution in [2.45, 2.75) is 45.2 Å². The minimum Gasteiger partial charge on any atom is -0.497 e. The summed E-state index contributed by atoms with van der Waals surface area (Å²) in [6.45, 7) is 3.21. The first kappa shape index (κ1) is 14.2. The van der Waals surface area contributed by atoms with Gasteiger partial charge >= 0.3 is 0 Å². The van der Waals surface area contributed by atoms with Crippen molar-refractivity contribution in [2.75, 3.05) is 14.2 Å². The second-order valence-corrected chi connectivity index (χ2v) is 5.43. The Balaban J connectivity index is 1.98. The number of hydrogen-bond donors (Lipinski definition) is 1. The van der Waals surface area contributed by atoms with Gasteiger partial charge in [0, 0.05) is 24.2 Å². The fraction of sp³-hybridized carbons (Fsp3) is 0.625. The quantitative estimate of drug-likeness (QED) is 0.883. The summed E-state index contributed by atoms with van der Waals surface area (Å²) < 4.78 is 10.7. The second kappa shape index (κ2) is 6.80. The maximum Gasteiger partial charge on any atom is 0.127 e. The molecule has 1 aromatic carbocycles. The molecular formula is C16H25NO2. The Labute approximate surface area is 116 Å². The van der Waals surface area contributed by atoms with E-state index in [1.807, 2.05) is 12.1 Å². The third kappa shape index (κ3) is 3.63. The van der Waals surface area contributed by atoms with Crippen molar-refractivity contribution in [1.29, 1.82) is 0 Å². The molecular weight excluding hydrogens is 238 g/mol. The van der Waals surface area contributed by atoms with Gasteiger partial charge in [-0.3, -0.25) is 0 Å². The van der Waals surface area contributed by atoms with E-state index in [1.54, 1.807) is 14.2 Å². The molecule has 1 N–H and O–H groups in total. The van der Waals surface area contributed by atoms with E-state index in [-0.39, 0.29) is 0 Å². The molecule has 0 heterocycles. The monoisotopic (exact) mass is 263 g/mol. The lowest BCUT2D eigenvalue weighted by Crippen LogP contribution is -2.36. The Morgan fingerprint density at radius 1 is 1.16 bits per heavy atom. The van der Waals surface area contributed by atoms with Gasteiger partial charge in [-0.2, -0.15) is 0 Å². The van der Waals surface area contributed by atoms with Crippen LogP contribution < -0.4 is 14.8 Å². The van der Waals surface area contributed by atoms with E-state index in [0.29, 0.717) is 6.04 Å². The minimum atomic E-state index is 0.639. The first-order valence-corrected chi connectivity index (χ1v) is 7.19. The summed E-state index contributed by atoms with van der Waals surface area (Å²) in [6.07, 6.45) is 5.37. The van der Waals surface area contributed by atoms with Crippen LogP contribution in [-0.4, -0.2) is 20.3 Å². The van der Waals surface area contributed by atoms with Crippen molar-refractivity contribution >= 4 is 0 Å². The van der Waals surface area contributed by atoms with Gasteiger partial charge < -0.3 is 14.8 Å². The summed E-state index contributed by atoms with van der Waals surface area (Å²) >= 11 is 0. The van der Waals surface area contributed by atoms with Crippen molar-refractivity contribution in [3.05, 3.63) is 23.8 Å². The van der Waals surface area contributed by atoms with Gasteiger partial charge in [-0.15, -0.1) is 0 Å². The largest absolute Gasteiger partial charge is 0.497 e. The molecule has 19 heavy (non-hydrogen) atoms. The highest BCUT2D eigenvalue weighted by molar-refractivity contribution is 5.40. The predicted molar refractivity (Wildman–Crippen MR) is 77.8 cm³/mol. The van der Waals surface area contributed by atoms with Gasteiger partial charge in [0.1, 0.15) is 11.5 Å². The summed E-state index contributed by atoms with van der Waals surface area (Å²) in [5, 5.41) is 3.68. The third-order valence-electron chi connectivity index (χ3n) is 4.16. The molecule has 0 aromatic heterocycles. The molecule has 1 saturated carbocycles. The molecule has 0 bridgehead atoms. The molecule has 3 nitrogen and oxygen atoms in total. The van der Waals surface area contributed by atoms with Gasteiger partial charge in [0.25, 0.3) is 0 Å². The zero-order chi connectivity index (χ0) is 13.7. The average Bonchev–Trinajstić information content (AvgIpc) is 2.46. The van der Waals surface area contributed by atoms with E-state index in [1.165, 1.54) is 31.2 Å². The van der Waals surface area contributed by atoms with Crippen LogP contribution in [0.3, 0.4) is 0 Å². The predicted octanol–water partition coefficient (Wildman–Crippen LogP) is 3.37. The number of rotatable bonds is 5. The fourth-order valence-corrected chi connectivity index (χ4v) is 2.86. The van der Waals surface area contributed by atoms with Crippen molar-refractivity contribution in [3.8, 4) is 11.5 Å². The molecule has 0 aliphatic heterocycles. The van der Waals surface area contributed by atoms with Crippen molar-refractivity contribution in [2.24, 2.45) is 5.92 Å². The zero-order valence-corrected chi connectivity index (χ0v) is 12.2. The number of methoxy groups -OCH3 is 2. The molecule has 1 aromatic rings. The standard InChI is InChI=1S/C16H25NO2/c1-12-6-4-5-7-15(12)17-11-13-8-9-14(18-2)10-16(13)19-3/h8-10,12,15,17H,4-7,11H2,1-3H3/t12-,15+/m1/s1. The molecule has 3 heteroatoms.